The van der Waals surface area contributed by atoms with Gasteiger partial charge in [-0.25, -0.2) is 0 Å². The Morgan fingerprint density at radius 2 is 2.12 bits per heavy atom. The number of pyridine rings is 1. The van der Waals surface area contributed by atoms with E-state index in [-0.39, 0.29) is 23.9 Å². The summed E-state index contributed by atoms with van der Waals surface area (Å²) in [5.74, 6) is -0.0454. The van der Waals surface area contributed by atoms with E-state index in [9.17, 15) is 9.59 Å². The van der Waals surface area contributed by atoms with Crippen LogP contribution >= 0.6 is 0 Å². The lowest BCUT2D eigenvalue weighted by Gasteiger charge is -2.18. The van der Waals surface area contributed by atoms with Crippen LogP contribution in [0.2, 0.25) is 0 Å². The summed E-state index contributed by atoms with van der Waals surface area (Å²) in [6.07, 6.45) is 2.75. The predicted molar refractivity (Wildman–Crippen MR) is 93.6 cm³/mol. The molecule has 0 spiro atoms. The number of benzene rings is 1. The van der Waals surface area contributed by atoms with Gasteiger partial charge >= 0.3 is 0 Å². The van der Waals surface area contributed by atoms with Crippen molar-refractivity contribution in [3.8, 4) is 0 Å². The monoisotopic (exact) mass is 326 g/mol. The molecule has 6 nitrogen and oxygen atoms in total. The largest absolute Gasteiger partial charge is 0.352 e. The predicted octanol–water partition coefficient (Wildman–Crippen LogP) is 1.77. The molecule has 1 saturated heterocycles. The lowest BCUT2D eigenvalue weighted by atomic mass is 10.1. The lowest BCUT2D eigenvalue weighted by molar-refractivity contribution is -0.122. The Morgan fingerprint density at radius 3 is 2.92 bits per heavy atom. The van der Waals surface area contributed by atoms with Crippen LogP contribution in [-0.2, 0) is 9.59 Å². The number of likely N-dealkylation sites (tertiary alicyclic amines) is 1. The van der Waals surface area contributed by atoms with E-state index in [2.05, 4.69) is 15.6 Å². The number of nitrogens with zero attached hydrogens (tertiary/aromatic N) is 2. The zero-order chi connectivity index (χ0) is 17.1. The molecule has 2 amide bonds. The SMILES string of the molecule is CCC(=O)N[C@@H]1C[C@@H](C(=O)Nc2cnc3ccccc3c2)N(C)C1. The highest BCUT2D eigenvalue weighted by Crippen LogP contribution is 2.20. The van der Waals surface area contributed by atoms with E-state index in [1.807, 2.05) is 49.2 Å². The van der Waals surface area contributed by atoms with E-state index in [0.29, 0.717) is 25.1 Å². The standard InChI is InChI=1S/C18H22N4O2/c1-3-17(23)20-14-9-16(22(2)11-14)18(24)21-13-8-12-6-4-5-7-15(12)19-10-13/h4-8,10,14,16H,3,9,11H2,1-2H3,(H,20,23)(H,21,24)/t14-,16+/m1/s1. The van der Waals surface area contributed by atoms with Crippen LogP contribution in [0.1, 0.15) is 19.8 Å². The summed E-state index contributed by atoms with van der Waals surface area (Å²) in [4.78, 5) is 30.4. The van der Waals surface area contributed by atoms with E-state index >= 15 is 0 Å². The summed E-state index contributed by atoms with van der Waals surface area (Å²) >= 11 is 0. The van der Waals surface area contributed by atoms with Gasteiger partial charge in [0.05, 0.1) is 23.4 Å². The molecule has 1 aromatic carbocycles. The normalized spacial score (nSPS) is 20.9. The number of anilines is 1. The molecule has 1 aromatic heterocycles. The molecule has 126 valence electrons. The van der Waals surface area contributed by atoms with Crippen molar-refractivity contribution in [3.05, 3.63) is 36.5 Å². The molecule has 2 atom stereocenters. The van der Waals surface area contributed by atoms with Gasteiger partial charge in [-0.3, -0.25) is 19.5 Å². The fraction of sp³-hybridized carbons (Fsp3) is 0.389. The maximum absolute atomic E-state index is 12.6. The van der Waals surface area contributed by atoms with Crippen molar-refractivity contribution >= 4 is 28.4 Å². The molecule has 0 saturated carbocycles. The number of hydrogen-bond donors (Lipinski definition) is 2. The number of aromatic nitrogens is 1. The Morgan fingerprint density at radius 1 is 1.33 bits per heavy atom. The molecule has 0 bridgehead atoms. The third-order valence-electron chi connectivity index (χ3n) is 4.40. The van der Waals surface area contributed by atoms with E-state index in [0.717, 1.165) is 10.9 Å². The van der Waals surface area contributed by atoms with Crippen LogP contribution in [0.25, 0.3) is 10.9 Å². The zero-order valence-electron chi connectivity index (χ0n) is 14.0. The molecule has 2 N–H and O–H groups in total. The van der Waals surface area contributed by atoms with E-state index in [1.54, 1.807) is 6.20 Å². The van der Waals surface area contributed by atoms with Gasteiger partial charge in [-0.2, -0.15) is 0 Å². The van der Waals surface area contributed by atoms with Gasteiger partial charge in [0, 0.05) is 24.4 Å². The molecule has 3 rings (SSSR count). The molecule has 2 aromatic rings. The topological polar surface area (TPSA) is 74.3 Å². The fourth-order valence-electron chi connectivity index (χ4n) is 3.11. The number of fused-ring (bicyclic) bond motifs is 1. The van der Waals surface area contributed by atoms with Crippen molar-refractivity contribution in [2.75, 3.05) is 18.9 Å². The number of amides is 2. The molecule has 0 unspecified atom stereocenters. The summed E-state index contributed by atoms with van der Waals surface area (Å²) < 4.78 is 0. The van der Waals surface area contributed by atoms with Crippen molar-refractivity contribution in [1.82, 2.24) is 15.2 Å². The van der Waals surface area contributed by atoms with Crippen molar-refractivity contribution < 1.29 is 9.59 Å². The van der Waals surface area contributed by atoms with Crippen LogP contribution in [0.4, 0.5) is 5.69 Å². The second kappa shape index (κ2) is 6.97. The second-order valence-electron chi connectivity index (χ2n) is 6.22. The Balaban J connectivity index is 1.66. The smallest absolute Gasteiger partial charge is 0.241 e. The molecule has 0 aliphatic carbocycles. The average molecular weight is 326 g/mol. The maximum Gasteiger partial charge on any atom is 0.241 e. The summed E-state index contributed by atoms with van der Waals surface area (Å²) in [5, 5.41) is 6.89. The number of carbonyl (C=O) groups excluding carboxylic acids is 2. The number of para-hydroxylation sites is 1. The molecule has 1 aliphatic rings. The summed E-state index contributed by atoms with van der Waals surface area (Å²) in [6, 6.07) is 9.48. The summed E-state index contributed by atoms with van der Waals surface area (Å²) in [6.45, 7) is 2.50. The van der Waals surface area contributed by atoms with Crippen LogP contribution in [0.15, 0.2) is 36.5 Å². The lowest BCUT2D eigenvalue weighted by Crippen LogP contribution is -2.37. The van der Waals surface area contributed by atoms with Crippen LogP contribution in [0.5, 0.6) is 0 Å². The van der Waals surface area contributed by atoms with Crippen LogP contribution < -0.4 is 10.6 Å². The summed E-state index contributed by atoms with van der Waals surface area (Å²) in [5.41, 5.74) is 1.59. The number of carbonyl (C=O) groups is 2. The minimum absolute atomic E-state index is 0.0212. The van der Waals surface area contributed by atoms with Crippen molar-refractivity contribution in [3.63, 3.8) is 0 Å². The first kappa shape index (κ1) is 16.4. The van der Waals surface area contributed by atoms with Gasteiger partial charge in [-0.1, -0.05) is 25.1 Å². The second-order valence-corrected chi connectivity index (χ2v) is 6.22. The first-order valence-electron chi connectivity index (χ1n) is 8.22. The summed E-state index contributed by atoms with van der Waals surface area (Å²) in [7, 11) is 1.90. The van der Waals surface area contributed by atoms with Crippen LogP contribution in [0.3, 0.4) is 0 Å². The molecule has 1 aliphatic heterocycles. The number of likely N-dealkylation sites (N-methyl/N-ethyl adjacent to an activating group) is 1. The Labute approximate surface area is 141 Å². The Hall–Kier alpha value is -2.47. The minimum Gasteiger partial charge on any atom is -0.352 e. The first-order chi connectivity index (χ1) is 11.6. The minimum atomic E-state index is -0.251. The highest BCUT2D eigenvalue weighted by atomic mass is 16.2. The average Bonchev–Trinajstić information content (AvgIpc) is 2.95. The number of hydrogen-bond acceptors (Lipinski definition) is 4. The number of rotatable bonds is 4. The van der Waals surface area contributed by atoms with E-state index < -0.39 is 0 Å². The van der Waals surface area contributed by atoms with E-state index in [1.165, 1.54) is 0 Å². The highest BCUT2D eigenvalue weighted by molar-refractivity contribution is 5.96. The third-order valence-corrected chi connectivity index (χ3v) is 4.40. The molecule has 0 radical (unpaired) electrons. The zero-order valence-corrected chi connectivity index (χ0v) is 14.0. The van der Waals surface area contributed by atoms with Gasteiger partial charge < -0.3 is 10.6 Å². The van der Waals surface area contributed by atoms with Gasteiger partial charge in [-0.05, 0) is 25.6 Å². The number of nitrogens with one attached hydrogen (secondary N) is 2. The molecular weight excluding hydrogens is 304 g/mol. The van der Waals surface area contributed by atoms with Gasteiger partial charge in [0.15, 0.2) is 0 Å². The van der Waals surface area contributed by atoms with Crippen molar-refractivity contribution in [2.45, 2.75) is 31.8 Å². The fourth-order valence-corrected chi connectivity index (χ4v) is 3.11. The first-order valence-corrected chi connectivity index (χ1v) is 8.22. The molecule has 6 heteroatoms. The highest BCUT2D eigenvalue weighted by Gasteiger charge is 2.35. The van der Waals surface area contributed by atoms with Gasteiger partial charge in [0.2, 0.25) is 11.8 Å². The van der Waals surface area contributed by atoms with Crippen LogP contribution in [-0.4, -0.2) is 47.4 Å². The van der Waals surface area contributed by atoms with Crippen LogP contribution in [0, 0.1) is 0 Å². The Bertz CT molecular complexity index is 762. The van der Waals surface area contributed by atoms with Gasteiger partial charge in [0.25, 0.3) is 0 Å². The van der Waals surface area contributed by atoms with Gasteiger partial charge in [0.1, 0.15) is 0 Å². The maximum atomic E-state index is 12.6. The molecule has 24 heavy (non-hydrogen) atoms. The molecule has 1 fully saturated rings. The quantitative estimate of drug-likeness (QED) is 0.898. The third kappa shape index (κ3) is 3.54. The molecular formula is C18H22N4O2. The van der Waals surface area contributed by atoms with Crippen molar-refractivity contribution in [1.29, 1.82) is 0 Å². The van der Waals surface area contributed by atoms with Crippen molar-refractivity contribution in [2.24, 2.45) is 0 Å². The van der Waals surface area contributed by atoms with Gasteiger partial charge in [-0.15, -0.1) is 0 Å². The Kier molecular flexibility index (Phi) is 4.76. The molecule has 2 heterocycles. The van der Waals surface area contributed by atoms with E-state index in [4.69, 9.17) is 0 Å².